The summed E-state index contributed by atoms with van der Waals surface area (Å²) in [6, 6.07) is 8.35. The van der Waals surface area contributed by atoms with Crippen molar-refractivity contribution >= 4 is 0 Å². The molecule has 160 valence electrons. The maximum Gasteiger partial charge on any atom is 0.122 e. The van der Waals surface area contributed by atoms with Gasteiger partial charge in [0.1, 0.15) is 11.5 Å². The van der Waals surface area contributed by atoms with Crippen LogP contribution in [0.15, 0.2) is 24.3 Å². The van der Waals surface area contributed by atoms with E-state index in [1.54, 1.807) is 0 Å². The molecule has 2 aromatic carbocycles. The van der Waals surface area contributed by atoms with E-state index in [-0.39, 0.29) is 23.4 Å². The third-order valence-corrected chi connectivity index (χ3v) is 5.72. The van der Waals surface area contributed by atoms with Gasteiger partial charge >= 0.3 is 0 Å². The van der Waals surface area contributed by atoms with E-state index < -0.39 is 0 Å². The lowest BCUT2D eigenvalue weighted by molar-refractivity contribution is 0.282. The molecule has 0 atom stereocenters. The van der Waals surface area contributed by atoms with Crippen LogP contribution < -0.4 is 0 Å². The van der Waals surface area contributed by atoms with Crippen molar-refractivity contribution in [3.63, 3.8) is 0 Å². The van der Waals surface area contributed by atoms with E-state index in [4.69, 9.17) is 0 Å². The molecule has 0 fully saturated rings. The van der Waals surface area contributed by atoms with Gasteiger partial charge in [0.05, 0.1) is 0 Å². The van der Waals surface area contributed by atoms with Crippen molar-refractivity contribution in [1.82, 2.24) is 0 Å². The fraction of sp³-hybridized carbons (Fsp3) is 0.538. The molecule has 3 nitrogen and oxygen atoms in total. The highest BCUT2D eigenvalue weighted by molar-refractivity contribution is 5.52. The fourth-order valence-electron chi connectivity index (χ4n) is 3.98. The van der Waals surface area contributed by atoms with Crippen molar-refractivity contribution in [2.24, 2.45) is 0 Å². The minimum atomic E-state index is -0.173. The summed E-state index contributed by atoms with van der Waals surface area (Å²) in [5.74, 6) is 0.807. The van der Waals surface area contributed by atoms with E-state index >= 15 is 0 Å². The van der Waals surface area contributed by atoms with E-state index in [9.17, 15) is 15.3 Å². The number of aliphatic hydroxyl groups excluding tert-OH is 1. The topological polar surface area (TPSA) is 60.7 Å². The van der Waals surface area contributed by atoms with Gasteiger partial charge in [0.25, 0.3) is 0 Å². The summed E-state index contributed by atoms with van der Waals surface area (Å²) in [5.41, 5.74) is 5.55. The van der Waals surface area contributed by atoms with Gasteiger partial charge in [-0.05, 0) is 70.9 Å². The van der Waals surface area contributed by atoms with Crippen molar-refractivity contribution in [1.29, 1.82) is 0 Å². The number of aromatic hydroxyl groups is 2. The number of phenols is 2. The molecule has 0 unspecified atom stereocenters. The second-order valence-electron chi connectivity index (χ2n) is 10.4. The molecule has 0 radical (unpaired) electrons. The van der Waals surface area contributed by atoms with Crippen molar-refractivity contribution in [2.75, 3.05) is 6.61 Å². The quantitative estimate of drug-likeness (QED) is 0.561. The third kappa shape index (κ3) is 5.14. The largest absolute Gasteiger partial charge is 0.507 e. The molecule has 0 amide bonds. The summed E-state index contributed by atoms with van der Waals surface area (Å²) in [4.78, 5) is 0. The maximum atomic E-state index is 10.6. The van der Waals surface area contributed by atoms with Crippen LogP contribution in [0, 0.1) is 13.8 Å². The molecule has 3 N–H and O–H groups in total. The van der Waals surface area contributed by atoms with Gasteiger partial charge in [-0.2, -0.15) is 0 Å². The van der Waals surface area contributed by atoms with Gasteiger partial charge in [0.2, 0.25) is 0 Å². The van der Waals surface area contributed by atoms with Crippen LogP contribution in [0.25, 0.3) is 0 Å². The second-order valence-corrected chi connectivity index (χ2v) is 10.4. The first-order valence-electron chi connectivity index (χ1n) is 10.6. The zero-order chi connectivity index (χ0) is 22.1. The van der Waals surface area contributed by atoms with Gasteiger partial charge in [0, 0.05) is 12.5 Å². The number of phenolic OH excluding ortho intramolecular Hbond substituents is 2. The van der Waals surface area contributed by atoms with Gasteiger partial charge in [0.15, 0.2) is 0 Å². The Bertz CT molecular complexity index is 797. The molecule has 0 spiro atoms. The summed E-state index contributed by atoms with van der Waals surface area (Å²) in [7, 11) is 0. The van der Waals surface area contributed by atoms with Gasteiger partial charge in [-0.25, -0.2) is 0 Å². The first-order chi connectivity index (χ1) is 13.3. The highest BCUT2D eigenvalue weighted by Crippen LogP contribution is 2.41. The normalized spacial score (nSPS) is 12.6. The molecule has 2 rings (SSSR count). The van der Waals surface area contributed by atoms with Crippen LogP contribution >= 0.6 is 0 Å². The molecule has 0 saturated carbocycles. The lowest BCUT2D eigenvalue weighted by Gasteiger charge is -2.28. The molecule has 3 heteroatoms. The van der Waals surface area contributed by atoms with Crippen LogP contribution in [0.5, 0.6) is 11.5 Å². The number of benzene rings is 2. The molecule has 0 heterocycles. The molecular weight excluding hydrogens is 360 g/mol. The average molecular weight is 399 g/mol. The van der Waals surface area contributed by atoms with E-state index in [0.29, 0.717) is 17.9 Å². The molecule has 2 aromatic rings. The predicted octanol–water partition coefficient (Wildman–Crippen LogP) is 6.21. The predicted molar refractivity (Wildman–Crippen MR) is 121 cm³/mol. The maximum absolute atomic E-state index is 10.6. The highest BCUT2D eigenvalue weighted by atomic mass is 16.3. The Kier molecular flexibility index (Phi) is 6.74. The van der Waals surface area contributed by atoms with E-state index in [2.05, 4.69) is 65.8 Å². The minimum Gasteiger partial charge on any atom is -0.507 e. The first kappa shape index (κ1) is 23.3. The van der Waals surface area contributed by atoms with Crippen LogP contribution in [0.3, 0.4) is 0 Å². The smallest absolute Gasteiger partial charge is 0.122 e. The summed E-state index contributed by atoms with van der Waals surface area (Å²) >= 11 is 0. The van der Waals surface area contributed by atoms with Gasteiger partial charge in [-0.3, -0.25) is 0 Å². The number of hydrogen-bond donors (Lipinski definition) is 3. The number of rotatable bonds is 5. The summed E-state index contributed by atoms with van der Waals surface area (Å²) < 4.78 is 0. The lowest BCUT2D eigenvalue weighted by Crippen LogP contribution is -2.15. The van der Waals surface area contributed by atoms with E-state index in [1.807, 2.05) is 13.8 Å². The monoisotopic (exact) mass is 398 g/mol. The Morgan fingerprint density at radius 2 is 1.10 bits per heavy atom. The Hall–Kier alpha value is -2.00. The standard InChI is InChI=1S/C26H38O3/c1-16-12-18(14-21(23(16)28)25(3,4)5)20(10-9-11-27)19-13-17(2)24(29)22(15-19)26(6,7)8/h12-15,20,27-29H,9-11H2,1-8H3. The lowest BCUT2D eigenvalue weighted by atomic mass is 9.77. The van der Waals surface area contributed by atoms with Crippen molar-refractivity contribution in [3.05, 3.63) is 57.6 Å². The molecule has 0 aliphatic heterocycles. The zero-order valence-corrected chi connectivity index (χ0v) is 19.3. The zero-order valence-electron chi connectivity index (χ0n) is 19.3. The third-order valence-electron chi connectivity index (χ3n) is 5.72. The molecule has 29 heavy (non-hydrogen) atoms. The van der Waals surface area contributed by atoms with Crippen molar-refractivity contribution in [2.45, 2.75) is 85.0 Å². The average Bonchev–Trinajstić information content (AvgIpc) is 2.58. The van der Waals surface area contributed by atoms with Crippen LogP contribution in [0.2, 0.25) is 0 Å². The number of aliphatic hydroxyl groups is 1. The van der Waals surface area contributed by atoms with Crippen LogP contribution in [-0.2, 0) is 10.8 Å². The number of aryl methyl sites for hydroxylation is 2. The van der Waals surface area contributed by atoms with Crippen LogP contribution in [-0.4, -0.2) is 21.9 Å². The molecule has 0 saturated heterocycles. The van der Waals surface area contributed by atoms with E-state index in [1.165, 1.54) is 0 Å². The highest BCUT2D eigenvalue weighted by Gasteiger charge is 2.26. The Balaban J connectivity index is 2.71. The van der Waals surface area contributed by atoms with Crippen molar-refractivity contribution in [3.8, 4) is 11.5 Å². The van der Waals surface area contributed by atoms with Gasteiger partial charge in [-0.15, -0.1) is 0 Å². The SMILES string of the molecule is Cc1cc(C(CCCO)c2cc(C)c(O)c(C(C)(C)C)c2)cc(C(C)(C)C)c1O. The number of hydrogen-bond acceptors (Lipinski definition) is 3. The van der Waals surface area contributed by atoms with E-state index in [0.717, 1.165) is 39.8 Å². The summed E-state index contributed by atoms with van der Waals surface area (Å²) in [6.07, 6.45) is 1.50. The van der Waals surface area contributed by atoms with Gasteiger partial charge < -0.3 is 15.3 Å². The second kappa shape index (κ2) is 8.39. The summed E-state index contributed by atoms with van der Waals surface area (Å²) in [5, 5.41) is 30.8. The molecule has 0 aliphatic carbocycles. The Labute approximate surface area is 176 Å². The van der Waals surface area contributed by atoms with Gasteiger partial charge in [-0.1, -0.05) is 65.8 Å². The van der Waals surface area contributed by atoms with Crippen molar-refractivity contribution < 1.29 is 15.3 Å². The molecule has 0 aliphatic rings. The first-order valence-corrected chi connectivity index (χ1v) is 10.6. The molecule has 0 bridgehead atoms. The summed E-state index contributed by atoms with van der Waals surface area (Å²) in [6.45, 7) is 16.7. The Morgan fingerprint density at radius 3 is 1.41 bits per heavy atom. The molecule has 0 aromatic heterocycles. The fourth-order valence-corrected chi connectivity index (χ4v) is 3.98. The molecular formula is C26H38O3. The van der Waals surface area contributed by atoms with Crippen LogP contribution in [0.1, 0.15) is 93.7 Å². The van der Waals surface area contributed by atoms with Crippen LogP contribution in [0.4, 0.5) is 0 Å². The Morgan fingerprint density at radius 1 is 0.724 bits per heavy atom. The minimum absolute atomic E-state index is 0.0861.